The summed E-state index contributed by atoms with van der Waals surface area (Å²) in [7, 11) is 2.17. The third-order valence-corrected chi connectivity index (χ3v) is 6.63. The second-order valence-corrected chi connectivity index (χ2v) is 8.51. The Morgan fingerprint density at radius 2 is 1.69 bits per heavy atom. The van der Waals surface area contributed by atoms with E-state index in [1.807, 2.05) is 30.6 Å². The zero-order chi connectivity index (χ0) is 25.3. The second kappa shape index (κ2) is 12.2. The Morgan fingerprint density at radius 1 is 1.03 bits per heavy atom. The molecule has 11 heteroatoms. The average Bonchev–Trinajstić information content (AvgIpc) is 3.36. The number of hydrogen-bond donors (Lipinski definition) is 4. The van der Waals surface area contributed by atoms with Gasteiger partial charge in [0.2, 0.25) is 0 Å². The number of H-pyrrole nitrogens is 1. The molecular formula is C24H32N6O5. The van der Waals surface area contributed by atoms with Gasteiger partial charge < -0.3 is 25.1 Å². The summed E-state index contributed by atoms with van der Waals surface area (Å²) in [4.78, 5) is 28.3. The summed E-state index contributed by atoms with van der Waals surface area (Å²) >= 11 is 0. The van der Waals surface area contributed by atoms with Crippen molar-refractivity contribution in [2.75, 3.05) is 51.2 Å². The van der Waals surface area contributed by atoms with Crippen molar-refractivity contribution in [2.45, 2.75) is 18.1 Å². The lowest BCUT2D eigenvalue weighted by atomic mass is 9.79. The molecule has 1 aromatic carbocycles. The molecule has 2 atom stereocenters. The molecule has 0 radical (unpaired) electrons. The third-order valence-electron chi connectivity index (χ3n) is 6.63. The first-order valence-electron chi connectivity index (χ1n) is 11.4. The van der Waals surface area contributed by atoms with Crippen molar-refractivity contribution in [1.82, 2.24) is 25.0 Å². The number of nitrogens with zero attached hydrogens (tertiary/aromatic N) is 5. The molecule has 0 saturated carbocycles. The molecular weight excluding hydrogens is 452 g/mol. The van der Waals surface area contributed by atoms with Crippen molar-refractivity contribution < 1.29 is 24.9 Å². The summed E-state index contributed by atoms with van der Waals surface area (Å²) in [6.45, 7) is 5.08. The van der Waals surface area contributed by atoms with Crippen molar-refractivity contribution in [3.8, 4) is 0 Å². The molecule has 5 rings (SSSR count). The van der Waals surface area contributed by atoms with Gasteiger partial charge in [-0.1, -0.05) is 30.3 Å². The number of hydrogen-bond acceptors (Lipinski definition) is 8. The summed E-state index contributed by atoms with van der Waals surface area (Å²) < 4.78 is 0. The van der Waals surface area contributed by atoms with Crippen molar-refractivity contribution in [2.24, 2.45) is 0 Å². The molecule has 0 bridgehead atoms. The van der Waals surface area contributed by atoms with Crippen LogP contribution >= 0.6 is 0 Å². The molecule has 0 amide bonds. The lowest BCUT2D eigenvalue weighted by Gasteiger charge is -2.51. The number of pyridine rings is 1. The number of nitrogens with one attached hydrogen (secondary N) is 1. The first-order valence-corrected chi connectivity index (χ1v) is 11.4. The molecule has 3 aromatic rings. The van der Waals surface area contributed by atoms with Gasteiger partial charge in [-0.3, -0.25) is 19.6 Å². The lowest BCUT2D eigenvalue weighted by molar-refractivity contribution is -0.123. The first kappa shape index (κ1) is 26.1. The lowest BCUT2D eigenvalue weighted by Crippen LogP contribution is -2.63. The molecule has 188 valence electrons. The van der Waals surface area contributed by atoms with Gasteiger partial charge in [0.05, 0.1) is 23.3 Å². The first-order chi connectivity index (χ1) is 17.0. The van der Waals surface area contributed by atoms with E-state index in [2.05, 4.69) is 55.1 Å². The minimum atomic E-state index is -0.851. The van der Waals surface area contributed by atoms with E-state index >= 15 is 0 Å². The van der Waals surface area contributed by atoms with E-state index in [1.54, 1.807) is 0 Å². The van der Waals surface area contributed by atoms with Crippen LogP contribution in [0.1, 0.15) is 12.0 Å². The van der Waals surface area contributed by atoms with E-state index in [9.17, 15) is 5.11 Å². The van der Waals surface area contributed by atoms with E-state index in [4.69, 9.17) is 19.8 Å². The number of carboxylic acid groups (broad SMARTS) is 2. The van der Waals surface area contributed by atoms with Gasteiger partial charge in [0, 0.05) is 45.5 Å². The van der Waals surface area contributed by atoms with Crippen LogP contribution in [0.25, 0.3) is 11.0 Å². The molecule has 2 aliphatic heterocycles. The molecule has 0 unspecified atom stereocenters. The number of rotatable bonds is 3. The number of fused-ring (bicyclic) bond motifs is 1. The third kappa shape index (κ3) is 5.94. The largest absolute Gasteiger partial charge is 0.483 e. The number of piperidine rings is 1. The highest BCUT2D eigenvalue weighted by molar-refractivity contribution is 5.88. The fraction of sp³-hybridized carbons (Fsp3) is 0.417. The van der Waals surface area contributed by atoms with Gasteiger partial charge in [0.15, 0.2) is 5.65 Å². The SMILES string of the molecule is CN1CCN([C@@H]2CN(c3ccnc4[nH]ncc34)CC[C@]2(O)c2ccccc2)CC1.O=CO.O=CO. The van der Waals surface area contributed by atoms with E-state index in [0.29, 0.717) is 6.42 Å². The number of piperazine rings is 1. The molecule has 35 heavy (non-hydrogen) atoms. The van der Waals surface area contributed by atoms with Crippen molar-refractivity contribution >= 4 is 29.7 Å². The maximum absolute atomic E-state index is 11.9. The number of benzene rings is 1. The topological polar surface area (TPSA) is 146 Å². The van der Waals surface area contributed by atoms with Crippen molar-refractivity contribution in [3.63, 3.8) is 0 Å². The molecule has 2 aliphatic rings. The van der Waals surface area contributed by atoms with E-state index in [0.717, 1.165) is 61.6 Å². The van der Waals surface area contributed by atoms with Gasteiger partial charge in [-0.2, -0.15) is 5.10 Å². The smallest absolute Gasteiger partial charge is 0.290 e. The maximum atomic E-state index is 11.9. The Labute approximate surface area is 203 Å². The predicted octanol–water partition coefficient (Wildman–Crippen LogP) is 1.07. The monoisotopic (exact) mass is 484 g/mol. The van der Waals surface area contributed by atoms with Crippen LogP contribution in [0.4, 0.5) is 5.69 Å². The number of carbonyl (C=O) groups is 2. The Kier molecular flexibility index (Phi) is 9.12. The zero-order valence-corrected chi connectivity index (χ0v) is 19.7. The predicted molar refractivity (Wildman–Crippen MR) is 131 cm³/mol. The minimum Gasteiger partial charge on any atom is -0.483 e. The summed E-state index contributed by atoms with van der Waals surface area (Å²) in [6.07, 6.45) is 4.37. The highest BCUT2D eigenvalue weighted by atomic mass is 16.3. The molecule has 4 N–H and O–H groups in total. The number of aromatic nitrogens is 3. The van der Waals surface area contributed by atoms with Crippen LogP contribution in [0.3, 0.4) is 0 Å². The van der Waals surface area contributed by atoms with E-state index < -0.39 is 5.60 Å². The van der Waals surface area contributed by atoms with Gasteiger partial charge >= 0.3 is 0 Å². The highest BCUT2D eigenvalue weighted by Gasteiger charge is 2.46. The minimum absolute atomic E-state index is 0.0301. The number of likely N-dealkylation sites (N-methyl/N-ethyl adjacent to an activating group) is 1. The number of aromatic amines is 1. The maximum Gasteiger partial charge on any atom is 0.290 e. The van der Waals surface area contributed by atoms with Crippen molar-refractivity contribution in [1.29, 1.82) is 0 Å². The Hall–Kier alpha value is -3.54. The quantitative estimate of drug-likeness (QED) is 0.398. The van der Waals surface area contributed by atoms with Gasteiger partial charge in [0.1, 0.15) is 5.60 Å². The standard InChI is InChI=1S/C22H28N6O.2CH2O2/c1-26-11-13-27(14-12-26)20-16-28(19-7-9-23-21-18(19)15-24-25-21)10-8-22(20,29)17-5-3-2-4-6-17;2*2-1-3/h2-7,9,15,20,29H,8,10-14,16H2,1H3,(H,23,24,25);2*1H,(H,2,3)/t20-,22+;;/m1../s1. The molecule has 0 spiro atoms. The Balaban J connectivity index is 0.000000520. The van der Waals surface area contributed by atoms with Crippen LogP contribution in [0.2, 0.25) is 0 Å². The van der Waals surface area contributed by atoms with Crippen LogP contribution in [0.5, 0.6) is 0 Å². The number of anilines is 1. The second-order valence-electron chi connectivity index (χ2n) is 8.51. The molecule has 4 heterocycles. The molecule has 2 fully saturated rings. The zero-order valence-electron chi connectivity index (χ0n) is 19.7. The molecule has 2 aromatic heterocycles. The van der Waals surface area contributed by atoms with E-state index in [1.165, 1.54) is 0 Å². The van der Waals surface area contributed by atoms with Crippen LogP contribution < -0.4 is 4.90 Å². The van der Waals surface area contributed by atoms with Gasteiger partial charge in [-0.25, -0.2) is 4.98 Å². The van der Waals surface area contributed by atoms with Crippen LogP contribution in [0.15, 0.2) is 48.8 Å². The fourth-order valence-corrected chi connectivity index (χ4v) is 4.87. The Morgan fingerprint density at radius 3 is 2.34 bits per heavy atom. The average molecular weight is 485 g/mol. The van der Waals surface area contributed by atoms with E-state index in [-0.39, 0.29) is 19.0 Å². The normalized spacial score (nSPS) is 22.9. The van der Waals surface area contributed by atoms with Crippen LogP contribution in [-0.2, 0) is 15.2 Å². The molecule has 0 aliphatic carbocycles. The van der Waals surface area contributed by atoms with Crippen LogP contribution in [-0.4, -0.2) is 106 Å². The van der Waals surface area contributed by atoms with Crippen LogP contribution in [0, 0.1) is 0 Å². The highest BCUT2D eigenvalue weighted by Crippen LogP contribution is 2.39. The van der Waals surface area contributed by atoms with Crippen molar-refractivity contribution in [3.05, 3.63) is 54.4 Å². The summed E-state index contributed by atoms with van der Waals surface area (Å²) in [5.74, 6) is 0. The fourth-order valence-electron chi connectivity index (χ4n) is 4.87. The summed E-state index contributed by atoms with van der Waals surface area (Å²) in [5.41, 5.74) is 2.11. The van der Waals surface area contributed by atoms with Gasteiger partial charge in [-0.15, -0.1) is 0 Å². The summed E-state index contributed by atoms with van der Waals surface area (Å²) in [5, 5.41) is 33.9. The Bertz CT molecular complexity index is 1070. The summed E-state index contributed by atoms with van der Waals surface area (Å²) in [6, 6.07) is 12.3. The number of aliphatic hydroxyl groups is 1. The van der Waals surface area contributed by atoms with Gasteiger partial charge in [-0.05, 0) is 25.1 Å². The van der Waals surface area contributed by atoms with Gasteiger partial charge in [0.25, 0.3) is 12.9 Å². The molecule has 11 nitrogen and oxygen atoms in total. The molecule has 2 saturated heterocycles.